The number of ether oxygens (including phenoxy) is 3. The molecule has 3 atom stereocenters. The predicted molar refractivity (Wildman–Crippen MR) is 347 cm³/mol. The fourth-order valence-electron chi connectivity index (χ4n) is 10.7. The number of nitrogens with zero attached hydrogens (tertiary/aromatic N) is 3. The number of rotatable bonds is 18. The molecule has 6 aromatic carbocycles. The summed E-state index contributed by atoms with van der Waals surface area (Å²) in [6.07, 6.45) is 8.16. The molecule has 432 valence electrons. The van der Waals surface area contributed by atoms with Crippen LogP contribution in [0.3, 0.4) is 0 Å². The van der Waals surface area contributed by atoms with Crippen LogP contribution in [0.4, 0.5) is 0 Å². The molecular formula is C66H75Br6N3O6. The van der Waals surface area contributed by atoms with E-state index >= 15 is 0 Å². The fourth-order valence-corrected chi connectivity index (χ4v) is 12.3. The van der Waals surface area contributed by atoms with Crippen molar-refractivity contribution in [1.82, 2.24) is 14.7 Å². The number of hydrogen-bond acceptors (Lipinski definition) is 9. The van der Waals surface area contributed by atoms with Crippen molar-refractivity contribution < 1.29 is 28.6 Å². The van der Waals surface area contributed by atoms with Gasteiger partial charge in [0.1, 0.15) is 19.8 Å². The Morgan fingerprint density at radius 3 is 0.728 bits per heavy atom. The van der Waals surface area contributed by atoms with Gasteiger partial charge in [-0.3, -0.25) is 14.4 Å². The van der Waals surface area contributed by atoms with Gasteiger partial charge in [0.25, 0.3) is 0 Å². The molecule has 3 heterocycles. The van der Waals surface area contributed by atoms with Crippen molar-refractivity contribution in [2.45, 2.75) is 134 Å². The second-order valence-corrected chi connectivity index (χ2v) is 27.1. The van der Waals surface area contributed by atoms with Crippen molar-refractivity contribution in [3.63, 3.8) is 0 Å². The van der Waals surface area contributed by atoms with Crippen LogP contribution in [-0.2, 0) is 48.4 Å². The molecule has 3 fully saturated rings. The summed E-state index contributed by atoms with van der Waals surface area (Å²) in [7, 11) is 0. The van der Waals surface area contributed by atoms with Crippen molar-refractivity contribution >= 4 is 113 Å². The number of carbonyl (C=O) groups excluding carboxylic acids is 3. The van der Waals surface area contributed by atoms with Crippen molar-refractivity contribution in [3.8, 4) is 0 Å². The highest BCUT2D eigenvalue weighted by Gasteiger charge is 2.28. The molecule has 81 heavy (non-hydrogen) atoms. The Kier molecular flexibility index (Phi) is 27.2. The average Bonchev–Trinajstić information content (AvgIpc) is 3.48. The molecule has 0 N–H and O–H groups in total. The Morgan fingerprint density at radius 1 is 0.346 bits per heavy atom. The Labute approximate surface area is 531 Å². The summed E-state index contributed by atoms with van der Waals surface area (Å²) < 4.78 is 22.8. The second kappa shape index (κ2) is 33.8. The fraction of sp³-hybridized carbons (Fsp3) is 0.409. The molecule has 0 spiro atoms. The van der Waals surface area contributed by atoms with Crippen molar-refractivity contribution in [1.29, 1.82) is 0 Å². The topological polar surface area (TPSA) is 88.6 Å². The lowest BCUT2D eigenvalue weighted by atomic mass is 9.89. The van der Waals surface area contributed by atoms with Gasteiger partial charge in [-0.1, -0.05) is 168 Å². The molecule has 6 aromatic rings. The third-order valence-electron chi connectivity index (χ3n) is 15.8. The molecule has 9 rings (SSSR count). The van der Waals surface area contributed by atoms with Crippen LogP contribution in [-0.4, -0.2) is 90.0 Å². The molecule has 0 unspecified atom stereocenters. The summed E-state index contributed by atoms with van der Waals surface area (Å²) in [6, 6.07) is 50.2. The maximum Gasteiger partial charge on any atom is 0.307 e. The zero-order valence-corrected chi connectivity index (χ0v) is 56.1. The molecule has 0 aromatic heterocycles. The van der Waals surface area contributed by atoms with E-state index in [4.69, 9.17) is 14.2 Å². The van der Waals surface area contributed by atoms with E-state index in [9.17, 15) is 14.4 Å². The minimum atomic E-state index is -0.125. The van der Waals surface area contributed by atoms with E-state index in [1.165, 1.54) is 16.7 Å². The van der Waals surface area contributed by atoms with Crippen LogP contribution in [0.5, 0.6) is 0 Å². The van der Waals surface area contributed by atoms with Gasteiger partial charge in [0.05, 0.1) is 19.3 Å². The molecule has 9 nitrogen and oxygen atoms in total. The monoisotopic (exact) mass is 1480 g/mol. The lowest BCUT2D eigenvalue weighted by Gasteiger charge is -2.36. The van der Waals surface area contributed by atoms with Crippen LogP contribution in [0.25, 0.3) is 0 Å². The number of piperidine rings is 3. The number of hydrogen-bond donors (Lipinski definition) is 0. The molecule has 3 aliphatic rings. The second-order valence-electron chi connectivity index (χ2n) is 21.6. The zero-order valence-electron chi connectivity index (χ0n) is 46.6. The highest BCUT2D eigenvalue weighted by molar-refractivity contribution is 9.11. The highest BCUT2D eigenvalue weighted by atomic mass is 79.9. The van der Waals surface area contributed by atoms with E-state index in [-0.39, 0.29) is 36.0 Å². The number of benzene rings is 6. The van der Waals surface area contributed by atoms with Gasteiger partial charge >= 0.3 is 17.9 Å². The van der Waals surface area contributed by atoms with Gasteiger partial charge in [0.15, 0.2) is 0 Å². The molecule has 0 saturated carbocycles. The van der Waals surface area contributed by atoms with Crippen LogP contribution < -0.4 is 0 Å². The van der Waals surface area contributed by atoms with Gasteiger partial charge in [0, 0.05) is 45.0 Å². The van der Waals surface area contributed by atoms with Crippen molar-refractivity contribution in [3.05, 3.63) is 206 Å². The van der Waals surface area contributed by atoms with Gasteiger partial charge in [-0.2, -0.15) is 0 Å². The first-order valence-electron chi connectivity index (χ1n) is 28.2. The standard InChI is InChI=1S/3C22H25Br2NO2/c3*1-16(14-22(26)27-15-17-2-6-20(23)7-3-17)25-12-10-19(11-13-25)18-4-8-21(24)9-5-18/h3*2-9,16,19H,10-15H2,1H3/t3*16-/m111/s1. The molecule has 3 saturated heterocycles. The van der Waals surface area contributed by atoms with Crippen molar-refractivity contribution in [2.75, 3.05) is 39.3 Å². The summed E-state index contributed by atoms with van der Waals surface area (Å²) in [5.41, 5.74) is 7.27. The Bertz CT molecular complexity index is 2530. The third-order valence-corrected chi connectivity index (χ3v) is 19.0. The van der Waals surface area contributed by atoms with Crippen LogP contribution in [0, 0.1) is 0 Å². The Hall–Kier alpha value is -3.51. The lowest BCUT2D eigenvalue weighted by molar-refractivity contribution is -0.147. The Morgan fingerprint density at radius 2 is 0.531 bits per heavy atom. The summed E-state index contributed by atoms with van der Waals surface area (Å²) >= 11 is 20.7. The number of likely N-dealkylation sites (tertiary alicyclic amines) is 3. The van der Waals surface area contributed by atoms with Gasteiger partial charge in [-0.25, -0.2) is 0 Å². The first-order chi connectivity index (χ1) is 39.0. The zero-order chi connectivity index (χ0) is 57.7. The molecule has 3 aliphatic heterocycles. The minimum absolute atomic E-state index is 0.125. The quantitative estimate of drug-likeness (QED) is 0.0617. The SMILES string of the molecule is C[C@H](CC(=O)OCc1ccc(Br)cc1)N1CCC(c2ccc(Br)cc2)CC1.C[C@H](CC(=O)OCc1ccc(Br)cc1)N1CCC(c2ccc(Br)cc2)CC1.C[C@H](CC(=O)OCc1ccc(Br)cc1)N1CCC(c2ccc(Br)cc2)CC1. The largest absolute Gasteiger partial charge is 0.461 e. The molecular weight excluding hydrogens is 1410 g/mol. The van der Waals surface area contributed by atoms with E-state index in [0.29, 0.717) is 56.8 Å². The van der Waals surface area contributed by atoms with E-state index in [1.54, 1.807) is 0 Å². The Balaban J connectivity index is 0.000000175. The highest BCUT2D eigenvalue weighted by Crippen LogP contribution is 2.33. The smallest absolute Gasteiger partial charge is 0.307 e. The van der Waals surface area contributed by atoms with Crippen LogP contribution >= 0.6 is 95.6 Å². The van der Waals surface area contributed by atoms with Crippen LogP contribution in [0.1, 0.15) is 130 Å². The molecule has 0 bridgehead atoms. The summed E-state index contributed by atoms with van der Waals surface area (Å²) in [5, 5.41) is 0. The summed E-state index contributed by atoms with van der Waals surface area (Å²) in [5.74, 6) is 1.48. The third kappa shape index (κ3) is 22.5. The molecule has 0 amide bonds. The maximum absolute atomic E-state index is 12.2. The van der Waals surface area contributed by atoms with Crippen molar-refractivity contribution in [2.24, 2.45) is 0 Å². The number of carbonyl (C=O) groups is 3. The van der Waals surface area contributed by atoms with E-state index in [1.807, 2.05) is 72.8 Å². The maximum atomic E-state index is 12.2. The van der Waals surface area contributed by atoms with Gasteiger partial charge in [0.2, 0.25) is 0 Å². The first-order valence-corrected chi connectivity index (χ1v) is 33.0. The van der Waals surface area contributed by atoms with Gasteiger partial charge < -0.3 is 28.9 Å². The lowest BCUT2D eigenvalue weighted by Crippen LogP contribution is -2.40. The summed E-state index contributed by atoms with van der Waals surface area (Å²) in [4.78, 5) is 43.8. The molecule has 0 aliphatic carbocycles. The van der Waals surface area contributed by atoms with Gasteiger partial charge in [-0.15, -0.1) is 0 Å². The van der Waals surface area contributed by atoms with Crippen LogP contribution in [0.2, 0.25) is 0 Å². The molecule has 15 heteroatoms. The normalized spacial score (nSPS) is 16.9. The first kappa shape index (κ1) is 65.0. The van der Waals surface area contributed by atoms with E-state index in [2.05, 4.69) is 204 Å². The number of esters is 3. The van der Waals surface area contributed by atoms with E-state index in [0.717, 1.165) is 121 Å². The summed E-state index contributed by atoms with van der Waals surface area (Å²) in [6.45, 7) is 13.6. The van der Waals surface area contributed by atoms with Gasteiger partial charge in [-0.05, 0) is 222 Å². The predicted octanol–water partition coefficient (Wildman–Crippen LogP) is 17.7. The number of halogens is 6. The minimum Gasteiger partial charge on any atom is -0.461 e. The average molecular weight is 1490 g/mol. The molecule has 0 radical (unpaired) electrons. The van der Waals surface area contributed by atoms with E-state index < -0.39 is 0 Å². The van der Waals surface area contributed by atoms with Crippen LogP contribution in [0.15, 0.2) is 172 Å².